The average Bonchev–Trinajstić information content (AvgIpc) is 3.24. The third-order valence-electron chi connectivity index (χ3n) is 6.67. The van der Waals surface area contributed by atoms with Crippen LogP contribution in [0.1, 0.15) is 50.9 Å². The summed E-state index contributed by atoms with van der Waals surface area (Å²) in [4.78, 5) is 40.1. The van der Waals surface area contributed by atoms with Crippen molar-refractivity contribution in [2.45, 2.75) is 37.6 Å². The summed E-state index contributed by atoms with van der Waals surface area (Å²) in [6.07, 6.45) is 1.67. The molecule has 2 aliphatic heterocycles. The van der Waals surface area contributed by atoms with Crippen molar-refractivity contribution in [3.8, 4) is 0 Å². The molecule has 10 nitrogen and oxygen atoms in total. The molecule has 2 N–H and O–H groups in total. The van der Waals surface area contributed by atoms with E-state index in [1.807, 2.05) is 0 Å². The highest BCUT2D eigenvalue weighted by Crippen LogP contribution is 2.37. The number of amides is 3. The molecule has 1 aromatic heterocycles. The third kappa shape index (κ3) is 5.11. The molecule has 2 aliphatic rings. The van der Waals surface area contributed by atoms with E-state index < -0.39 is 22.0 Å². The Labute approximate surface area is 214 Å². The van der Waals surface area contributed by atoms with E-state index in [1.165, 1.54) is 54.1 Å². The molecule has 3 heterocycles. The smallest absolute Gasteiger partial charge is 0.409 e. The van der Waals surface area contributed by atoms with Gasteiger partial charge in [-0.15, -0.1) is 11.3 Å². The zero-order chi connectivity index (χ0) is 26.0. The van der Waals surface area contributed by atoms with Crippen LogP contribution in [0.2, 0.25) is 0 Å². The Morgan fingerprint density at radius 3 is 2.33 bits per heavy atom. The van der Waals surface area contributed by atoms with E-state index >= 15 is 0 Å². The highest BCUT2D eigenvalue weighted by molar-refractivity contribution is 7.89. The van der Waals surface area contributed by atoms with Crippen molar-refractivity contribution in [3.05, 3.63) is 45.8 Å². The predicted octanol–water partition coefficient (Wildman–Crippen LogP) is 2.91. The first-order chi connectivity index (χ1) is 17.1. The van der Waals surface area contributed by atoms with Crippen LogP contribution in [0.3, 0.4) is 0 Å². The van der Waals surface area contributed by atoms with Crippen LogP contribution in [-0.4, -0.2) is 69.3 Å². The Kier molecular flexibility index (Phi) is 7.67. The van der Waals surface area contributed by atoms with Gasteiger partial charge in [-0.2, -0.15) is 4.31 Å². The first-order valence-electron chi connectivity index (χ1n) is 11.8. The number of piperidine rings is 1. The lowest BCUT2D eigenvalue weighted by atomic mass is 10.0. The van der Waals surface area contributed by atoms with Crippen molar-refractivity contribution in [1.29, 1.82) is 0 Å². The summed E-state index contributed by atoms with van der Waals surface area (Å²) in [5.41, 5.74) is 1.45. The van der Waals surface area contributed by atoms with Crippen molar-refractivity contribution in [3.63, 3.8) is 0 Å². The van der Waals surface area contributed by atoms with Crippen molar-refractivity contribution < 1.29 is 27.5 Å². The quantitative estimate of drug-likeness (QED) is 0.608. The van der Waals surface area contributed by atoms with Crippen LogP contribution in [0.5, 0.6) is 0 Å². The highest BCUT2D eigenvalue weighted by Gasteiger charge is 2.31. The normalized spacial score (nSPS) is 16.8. The van der Waals surface area contributed by atoms with Crippen LogP contribution in [-0.2, 0) is 27.7 Å². The van der Waals surface area contributed by atoms with Gasteiger partial charge in [-0.05, 0) is 55.0 Å². The molecular formula is C24H30N4O6S2. The summed E-state index contributed by atoms with van der Waals surface area (Å²) < 4.78 is 32.2. The van der Waals surface area contributed by atoms with Gasteiger partial charge >= 0.3 is 6.09 Å². The second kappa shape index (κ2) is 10.6. The number of nitrogens with zero attached hydrogens (tertiary/aromatic N) is 2. The summed E-state index contributed by atoms with van der Waals surface area (Å²) in [5, 5.41) is 5.81. The maximum Gasteiger partial charge on any atom is 0.409 e. The molecule has 194 valence electrons. The van der Waals surface area contributed by atoms with E-state index in [9.17, 15) is 22.8 Å². The van der Waals surface area contributed by atoms with Gasteiger partial charge in [-0.1, -0.05) is 6.92 Å². The first kappa shape index (κ1) is 26.1. The summed E-state index contributed by atoms with van der Waals surface area (Å²) in [5.74, 6) is -0.278. The van der Waals surface area contributed by atoms with Gasteiger partial charge in [0.15, 0.2) is 0 Å². The standard InChI is InChI=1S/C24H30N4O6S2/c1-15-8-12-28(13-9-15)36(32,33)17-6-4-16(5-7-17)21(29)26-23-20(22(30)25-2)18-10-11-27(24(31)34-3)14-19(18)35-23/h4-7,15H,8-14H2,1-3H3,(H,25,30)(H,26,29). The van der Waals surface area contributed by atoms with Crippen LogP contribution in [0.4, 0.5) is 9.80 Å². The Hall–Kier alpha value is -2.96. The molecule has 0 spiro atoms. The van der Waals surface area contributed by atoms with Crippen molar-refractivity contribution >= 4 is 44.3 Å². The number of benzene rings is 1. The van der Waals surface area contributed by atoms with E-state index in [2.05, 4.69) is 17.6 Å². The predicted molar refractivity (Wildman–Crippen MR) is 136 cm³/mol. The van der Waals surface area contributed by atoms with Crippen LogP contribution in [0.25, 0.3) is 0 Å². The minimum absolute atomic E-state index is 0.147. The number of rotatable bonds is 5. The number of ether oxygens (including phenoxy) is 1. The molecule has 2 aromatic rings. The van der Waals surface area contributed by atoms with E-state index in [0.29, 0.717) is 42.5 Å². The fourth-order valence-electron chi connectivity index (χ4n) is 4.47. The number of carbonyl (C=O) groups excluding carboxylic acids is 3. The Bertz CT molecular complexity index is 1260. The lowest BCUT2D eigenvalue weighted by molar-refractivity contribution is 0.0962. The molecule has 0 atom stereocenters. The largest absolute Gasteiger partial charge is 0.453 e. The topological polar surface area (TPSA) is 125 Å². The zero-order valence-electron chi connectivity index (χ0n) is 20.5. The summed E-state index contributed by atoms with van der Waals surface area (Å²) in [6.45, 7) is 3.79. The summed E-state index contributed by atoms with van der Waals surface area (Å²) >= 11 is 1.24. The van der Waals surface area contributed by atoms with Crippen LogP contribution in [0, 0.1) is 5.92 Å². The molecule has 0 saturated carbocycles. The lowest BCUT2D eigenvalue weighted by Crippen LogP contribution is -2.37. The Balaban J connectivity index is 1.54. The molecule has 4 rings (SSSR count). The molecule has 0 radical (unpaired) electrons. The van der Waals surface area contributed by atoms with E-state index in [0.717, 1.165) is 23.3 Å². The lowest BCUT2D eigenvalue weighted by Gasteiger charge is -2.29. The van der Waals surface area contributed by atoms with Gasteiger partial charge in [0, 0.05) is 37.1 Å². The molecule has 36 heavy (non-hydrogen) atoms. The number of thiophene rings is 1. The minimum Gasteiger partial charge on any atom is -0.453 e. The monoisotopic (exact) mass is 534 g/mol. The highest BCUT2D eigenvalue weighted by atomic mass is 32.2. The Morgan fingerprint density at radius 1 is 1.06 bits per heavy atom. The number of fused-ring (bicyclic) bond motifs is 1. The van der Waals surface area contributed by atoms with Crippen LogP contribution < -0.4 is 10.6 Å². The summed E-state index contributed by atoms with van der Waals surface area (Å²) in [7, 11) is -0.782. The minimum atomic E-state index is -3.62. The number of carbonyl (C=O) groups is 3. The van der Waals surface area contributed by atoms with E-state index in [1.54, 1.807) is 4.90 Å². The fraction of sp³-hybridized carbons (Fsp3) is 0.458. The molecule has 3 amide bonds. The first-order valence-corrected chi connectivity index (χ1v) is 14.0. The zero-order valence-corrected chi connectivity index (χ0v) is 22.1. The van der Waals surface area contributed by atoms with Crippen molar-refractivity contribution in [2.24, 2.45) is 5.92 Å². The van der Waals surface area contributed by atoms with Crippen LogP contribution >= 0.6 is 11.3 Å². The van der Waals surface area contributed by atoms with Gasteiger partial charge in [0.25, 0.3) is 11.8 Å². The van der Waals surface area contributed by atoms with Gasteiger partial charge < -0.3 is 20.3 Å². The fourth-order valence-corrected chi connectivity index (χ4v) is 7.20. The summed E-state index contributed by atoms with van der Waals surface area (Å²) in [6, 6.07) is 5.83. The molecule has 1 fully saturated rings. The van der Waals surface area contributed by atoms with E-state index in [-0.39, 0.29) is 22.9 Å². The second-order valence-corrected chi connectivity index (χ2v) is 12.0. The molecule has 12 heteroatoms. The number of hydrogen-bond acceptors (Lipinski definition) is 7. The molecule has 0 aliphatic carbocycles. The van der Waals surface area contributed by atoms with Gasteiger partial charge in [-0.3, -0.25) is 9.59 Å². The van der Waals surface area contributed by atoms with Gasteiger partial charge in [-0.25, -0.2) is 13.2 Å². The SMILES string of the molecule is CNC(=O)c1c(NC(=O)c2ccc(S(=O)(=O)N3CCC(C)CC3)cc2)sc2c1CCN(C(=O)OC)C2. The molecule has 0 bridgehead atoms. The van der Waals surface area contributed by atoms with E-state index in [4.69, 9.17) is 4.74 Å². The molecular weight excluding hydrogens is 504 g/mol. The number of anilines is 1. The number of sulfonamides is 1. The average molecular weight is 535 g/mol. The van der Waals surface area contributed by atoms with Crippen LogP contribution in [0.15, 0.2) is 29.2 Å². The molecule has 1 aromatic carbocycles. The maximum absolute atomic E-state index is 13.0. The Morgan fingerprint density at radius 2 is 1.72 bits per heavy atom. The van der Waals surface area contributed by atoms with Gasteiger partial charge in [0.2, 0.25) is 10.0 Å². The number of methoxy groups -OCH3 is 1. The molecule has 0 unspecified atom stereocenters. The van der Waals surface area contributed by atoms with Crippen molar-refractivity contribution in [2.75, 3.05) is 39.1 Å². The van der Waals surface area contributed by atoms with Crippen molar-refractivity contribution in [1.82, 2.24) is 14.5 Å². The number of hydrogen-bond donors (Lipinski definition) is 2. The number of nitrogens with one attached hydrogen (secondary N) is 2. The molecule has 1 saturated heterocycles. The van der Waals surface area contributed by atoms with Gasteiger partial charge in [0.1, 0.15) is 5.00 Å². The maximum atomic E-state index is 13.0. The second-order valence-electron chi connectivity index (χ2n) is 8.99. The van der Waals surface area contributed by atoms with Gasteiger partial charge in [0.05, 0.1) is 24.1 Å². The third-order valence-corrected chi connectivity index (χ3v) is 9.71.